The number of fused-ring (bicyclic) bond motifs is 1. The average Bonchev–Trinajstić information content (AvgIpc) is 2.84. The first-order valence-corrected chi connectivity index (χ1v) is 12.9. The lowest BCUT2D eigenvalue weighted by Crippen LogP contribution is -2.70. The number of carbonyl (C=O) groups is 5. The van der Waals surface area contributed by atoms with E-state index in [1.165, 1.54) is 11.8 Å². The summed E-state index contributed by atoms with van der Waals surface area (Å²) in [6.45, 7) is 0. The number of β-lactam (4-membered cyclic amide) rings is 1. The number of aliphatic carboxylic acids is 2. The highest BCUT2D eigenvalue weighted by Crippen LogP contribution is 2.41. The minimum Gasteiger partial charge on any atom is -0.480 e. The van der Waals surface area contributed by atoms with Gasteiger partial charge in [0.15, 0.2) is 5.17 Å². The first kappa shape index (κ1) is 27.1. The van der Waals surface area contributed by atoms with Crippen LogP contribution in [0.4, 0.5) is 0 Å². The summed E-state index contributed by atoms with van der Waals surface area (Å²) >= 11 is 2.27. The van der Waals surface area contributed by atoms with Gasteiger partial charge in [-0.2, -0.15) is 0 Å². The zero-order valence-corrected chi connectivity index (χ0v) is 20.6. The number of amides is 3. The molecule has 0 aromatic heterocycles. The number of benzene rings is 1. The van der Waals surface area contributed by atoms with Gasteiger partial charge in [0, 0.05) is 23.5 Å². The molecular weight excluding hydrogens is 510 g/mol. The summed E-state index contributed by atoms with van der Waals surface area (Å²) in [5.41, 5.74) is 5.96. The Balaban J connectivity index is 1.52. The van der Waals surface area contributed by atoms with E-state index in [9.17, 15) is 34.2 Å². The van der Waals surface area contributed by atoms with Crippen molar-refractivity contribution in [2.75, 3.05) is 11.5 Å². The van der Waals surface area contributed by atoms with E-state index in [0.717, 1.165) is 16.7 Å². The quantitative estimate of drug-likeness (QED) is 0.131. The van der Waals surface area contributed by atoms with E-state index in [2.05, 4.69) is 10.6 Å². The minimum absolute atomic E-state index is 0.00726. The highest BCUT2D eigenvalue weighted by Gasteiger charge is 2.54. The summed E-state index contributed by atoms with van der Waals surface area (Å²) in [4.78, 5) is 61.8. The van der Waals surface area contributed by atoms with E-state index in [-0.39, 0.29) is 35.9 Å². The number of carboxylic acid groups (broad SMARTS) is 2. The summed E-state index contributed by atoms with van der Waals surface area (Å²) in [6, 6.07) is 6.07. The number of hydrogen-bond donors (Lipinski definition) is 6. The predicted octanol–water partition coefficient (Wildman–Crippen LogP) is 0.405. The van der Waals surface area contributed by atoms with Crippen LogP contribution in [0.2, 0.25) is 0 Å². The van der Waals surface area contributed by atoms with Crippen LogP contribution in [0, 0.1) is 5.41 Å². The van der Waals surface area contributed by atoms with Crippen LogP contribution in [-0.2, 0) is 19.2 Å². The molecule has 14 heteroatoms. The maximum Gasteiger partial charge on any atom is 0.352 e. The number of nitrogens with one attached hydrogen (secondary N) is 3. The van der Waals surface area contributed by atoms with Crippen LogP contribution in [0.5, 0.6) is 0 Å². The van der Waals surface area contributed by atoms with Crippen LogP contribution in [0.25, 0.3) is 0 Å². The Morgan fingerprint density at radius 2 is 1.92 bits per heavy atom. The summed E-state index contributed by atoms with van der Waals surface area (Å²) in [6.07, 6.45) is 0.0780. The Morgan fingerprint density at radius 3 is 2.53 bits per heavy atom. The number of carboxylic acids is 2. The monoisotopic (exact) mass is 535 g/mol. The Hall–Kier alpha value is -3.52. The summed E-state index contributed by atoms with van der Waals surface area (Å²) in [5, 5.41) is 30.6. The largest absolute Gasteiger partial charge is 0.480 e. The van der Waals surface area contributed by atoms with E-state index in [1.807, 2.05) is 0 Å². The Bertz CT molecular complexity index is 1110. The van der Waals surface area contributed by atoms with Crippen LogP contribution in [0.3, 0.4) is 0 Å². The van der Waals surface area contributed by atoms with Gasteiger partial charge in [-0.05, 0) is 30.5 Å². The first-order valence-electron chi connectivity index (χ1n) is 10.8. The molecule has 7 N–H and O–H groups in total. The lowest BCUT2D eigenvalue weighted by Gasteiger charge is -2.49. The van der Waals surface area contributed by atoms with Gasteiger partial charge in [-0.1, -0.05) is 30.0 Å². The molecule has 2 aliphatic rings. The third kappa shape index (κ3) is 6.37. The van der Waals surface area contributed by atoms with Gasteiger partial charge in [0.2, 0.25) is 5.91 Å². The molecule has 36 heavy (non-hydrogen) atoms. The second-order valence-corrected chi connectivity index (χ2v) is 10.1. The summed E-state index contributed by atoms with van der Waals surface area (Å²) in [5.74, 6) is -3.59. The van der Waals surface area contributed by atoms with Crippen molar-refractivity contribution in [1.82, 2.24) is 15.5 Å². The number of rotatable bonds is 11. The molecule has 1 aromatic carbocycles. The molecule has 0 bridgehead atoms. The normalized spacial score (nSPS) is 19.6. The number of amidine groups is 1. The van der Waals surface area contributed by atoms with Crippen LogP contribution in [0.15, 0.2) is 41.6 Å². The van der Waals surface area contributed by atoms with Crippen LogP contribution < -0.4 is 16.4 Å². The van der Waals surface area contributed by atoms with Gasteiger partial charge in [-0.3, -0.25) is 24.7 Å². The maximum absolute atomic E-state index is 12.7. The number of hydrogen-bond acceptors (Lipinski definition) is 8. The van der Waals surface area contributed by atoms with Crippen molar-refractivity contribution < 1.29 is 34.2 Å². The topological polar surface area (TPSA) is 203 Å². The zero-order chi connectivity index (χ0) is 26.4. The molecule has 0 aliphatic carbocycles. The number of carbonyl (C=O) groups excluding carboxylic acids is 3. The number of nitrogens with two attached hydrogens (primary N) is 1. The molecule has 2 aliphatic heterocycles. The van der Waals surface area contributed by atoms with Crippen molar-refractivity contribution in [3.05, 3.63) is 47.2 Å². The third-order valence-electron chi connectivity index (χ3n) is 5.50. The van der Waals surface area contributed by atoms with Crippen molar-refractivity contribution in [2.24, 2.45) is 5.73 Å². The van der Waals surface area contributed by atoms with E-state index in [4.69, 9.17) is 11.1 Å². The van der Waals surface area contributed by atoms with E-state index in [1.54, 1.807) is 30.3 Å². The Kier molecular flexibility index (Phi) is 8.98. The van der Waals surface area contributed by atoms with E-state index >= 15 is 0 Å². The van der Waals surface area contributed by atoms with Crippen LogP contribution in [-0.4, -0.2) is 78.9 Å². The van der Waals surface area contributed by atoms with Crippen LogP contribution in [0.1, 0.15) is 29.6 Å². The van der Waals surface area contributed by atoms with Crippen molar-refractivity contribution in [3.8, 4) is 0 Å². The lowest BCUT2D eigenvalue weighted by molar-refractivity contribution is -0.150. The van der Waals surface area contributed by atoms with Gasteiger partial charge >= 0.3 is 11.9 Å². The maximum atomic E-state index is 12.7. The molecule has 0 spiro atoms. The van der Waals surface area contributed by atoms with Gasteiger partial charge in [-0.25, -0.2) is 9.59 Å². The fourth-order valence-electron chi connectivity index (χ4n) is 3.76. The highest BCUT2D eigenvalue weighted by molar-refractivity contribution is 8.13. The second-order valence-electron chi connectivity index (χ2n) is 7.99. The molecule has 2 unspecified atom stereocenters. The summed E-state index contributed by atoms with van der Waals surface area (Å²) < 4.78 is 0. The highest BCUT2D eigenvalue weighted by atomic mass is 32.2. The molecule has 3 amide bonds. The standard InChI is InChI=1S/C22H25N5O7S2/c23-22(24)36-10-12-9-35-19-15(18(30)27(19)16(12)21(33)34)26-14(28)8-4-7-13(20(31)32)25-17(29)11-5-2-1-3-6-11/h1-3,5-6,13,15,19H,4,7-10H2,(H3,23,24)(H,25,29)(H,26,28)(H,31,32)(H,33,34)/t13?,15?,19-/m1/s1. The molecule has 3 atom stereocenters. The molecule has 1 aromatic rings. The molecular formula is C22H25N5O7S2. The average molecular weight is 536 g/mol. The zero-order valence-electron chi connectivity index (χ0n) is 18.9. The molecule has 0 radical (unpaired) electrons. The Morgan fingerprint density at radius 1 is 1.22 bits per heavy atom. The van der Waals surface area contributed by atoms with Crippen LogP contribution >= 0.6 is 23.5 Å². The van der Waals surface area contributed by atoms with E-state index < -0.39 is 47.1 Å². The Labute approximate surface area is 214 Å². The van der Waals surface area contributed by atoms with Gasteiger partial charge in [0.05, 0.1) is 0 Å². The SMILES string of the molecule is N=C(N)SCC1=C(C(=O)O)N2C(=O)C(NC(=O)CCCC(NC(=O)c3ccccc3)C(=O)O)[C@H]2SC1. The van der Waals surface area contributed by atoms with Crippen molar-refractivity contribution in [1.29, 1.82) is 5.41 Å². The molecule has 1 fully saturated rings. The minimum atomic E-state index is -1.27. The molecule has 0 saturated carbocycles. The molecule has 192 valence electrons. The molecule has 1 saturated heterocycles. The molecule has 2 heterocycles. The van der Waals surface area contributed by atoms with Crippen molar-refractivity contribution >= 4 is 58.4 Å². The third-order valence-corrected chi connectivity index (χ3v) is 7.65. The fraction of sp³-hybridized carbons (Fsp3) is 0.364. The van der Waals surface area contributed by atoms with Gasteiger partial charge in [0.25, 0.3) is 11.8 Å². The fourth-order valence-corrected chi connectivity index (χ4v) is 5.80. The first-order chi connectivity index (χ1) is 17.1. The number of thioether (sulfide) groups is 2. The van der Waals surface area contributed by atoms with Gasteiger partial charge in [-0.15, -0.1) is 11.8 Å². The lowest BCUT2D eigenvalue weighted by atomic mass is 10.0. The van der Waals surface area contributed by atoms with Crippen molar-refractivity contribution in [3.63, 3.8) is 0 Å². The van der Waals surface area contributed by atoms with Crippen molar-refractivity contribution in [2.45, 2.75) is 36.7 Å². The predicted molar refractivity (Wildman–Crippen MR) is 133 cm³/mol. The summed E-state index contributed by atoms with van der Waals surface area (Å²) in [7, 11) is 0. The van der Waals surface area contributed by atoms with Gasteiger partial charge < -0.3 is 26.6 Å². The van der Waals surface area contributed by atoms with E-state index in [0.29, 0.717) is 16.9 Å². The molecule has 3 rings (SSSR count). The smallest absolute Gasteiger partial charge is 0.352 e. The number of nitrogens with zero attached hydrogens (tertiary/aromatic N) is 1. The second kappa shape index (κ2) is 11.9. The van der Waals surface area contributed by atoms with Gasteiger partial charge in [0.1, 0.15) is 23.2 Å². The molecule has 12 nitrogen and oxygen atoms in total.